The van der Waals surface area contributed by atoms with Crippen LogP contribution < -0.4 is 0 Å². The van der Waals surface area contributed by atoms with Crippen molar-refractivity contribution in [2.45, 2.75) is 38.1 Å². The number of aliphatic hydroxyl groups excluding tert-OH is 1. The second-order valence-corrected chi connectivity index (χ2v) is 7.99. The molecule has 7 nitrogen and oxygen atoms in total. The molecule has 2 aromatic carbocycles. The van der Waals surface area contributed by atoms with Crippen LogP contribution in [0.5, 0.6) is 11.5 Å². The van der Waals surface area contributed by atoms with Crippen LogP contribution in [-0.4, -0.2) is 51.5 Å². The van der Waals surface area contributed by atoms with E-state index in [9.17, 15) is 24.9 Å². The van der Waals surface area contributed by atoms with Gasteiger partial charge in [-0.05, 0) is 38.3 Å². The number of benzene rings is 2. The zero-order valence-corrected chi connectivity index (χ0v) is 16.2. The Balaban J connectivity index is 1.70. The predicted octanol–water partition coefficient (Wildman–Crippen LogP) is 2.32. The minimum atomic E-state index is -0.951. The maximum atomic E-state index is 12.9. The number of hydrogen-bond acceptors (Lipinski definition) is 7. The molecule has 0 radical (unpaired) electrons. The van der Waals surface area contributed by atoms with Gasteiger partial charge in [0.15, 0.2) is 17.4 Å². The molecule has 4 rings (SSSR count). The largest absolute Gasteiger partial charge is 0.507 e. The molecule has 1 aliphatic heterocycles. The molecule has 1 saturated heterocycles. The van der Waals surface area contributed by atoms with E-state index >= 15 is 0 Å². The molecule has 152 valence electrons. The molecule has 2 aromatic rings. The number of carbonyl (C=O) groups is 2. The van der Waals surface area contributed by atoms with Gasteiger partial charge in [-0.2, -0.15) is 0 Å². The quantitative estimate of drug-likeness (QED) is 0.578. The first-order valence-corrected chi connectivity index (χ1v) is 9.39. The van der Waals surface area contributed by atoms with Crippen molar-refractivity contribution in [2.24, 2.45) is 0 Å². The third kappa shape index (κ3) is 3.11. The maximum absolute atomic E-state index is 12.9. The van der Waals surface area contributed by atoms with E-state index in [1.807, 2.05) is 0 Å². The van der Waals surface area contributed by atoms with Gasteiger partial charge in [0.25, 0.3) is 0 Å². The van der Waals surface area contributed by atoms with Crippen molar-refractivity contribution in [2.75, 3.05) is 13.2 Å². The van der Waals surface area contributed by atoms with Crippen molar-refractivity contribution in [1.29, 1.82) is 0 Å². The van der Waals surface area contributed by atoms with E-state index in [1.165, 1.54) is 18.2 Å². The van der Waals surface area contributed by atoms with Crippen molar-refractivity contribution in [1.82, 2.24) is 0 Å². The normalized spacial score (nSPS) is 22.4. The summed E-state index contributed by atoms with van der Waals surface area (Å²) in [6.45, 7) is 3.39. The second kappa shape index (κ2) is 6.66. The number of phenolic OH excluding ortho intramolecular Hbond substituents is 2. The van der Waals surface area contributed by atoms with E-state index in [1.54, 1.807) is 26.0 Å². The van der Waals surface area contributed by atoms with Crippen LogP contribution in [0, 0.1) is 0 Å². The first kappa shape index (κ1) is 19.6. The number of hydrogen-bond donors (Lipinski definition) is 3. The highest BCUT2D eigenvalue weighted by Gasteiger charge is 2.45. The molecule has 0 saturated carbocycles. The summed E-state index contributed by atoms with van der Waals surface area (Å²) < 4.78 is 11.4. The van der Waals surface area contributed by atoms with Crippen molar-refractivity contribution in [3.63, 3.8) is 0 Å². The molecule has 1 atom stereocenters. The van der Waals surface area contributed by atoms with Gasteiger partial charge in [-0.25, -0.2) is 0 Å². The number of ether oxygens (including phenoxy) is 2. The highest BCUT2D eigenvalue weighted by Crippen LogP contribution is 2.41. The fourth-order valence-corrected chi connectivity index (χ4v) is 4.03. The van der Waals surface area contributed by atoms with Gasteiger partial charge in [0.2, 0.25) is 0 Å². The number of aromatic hydroxyl groups is 2. The number of aliphatic hydroxyl groups is 1. The molecule has 1 aliphatic carbocycles. The fraction of sp³-hybridized carbons (Fsp3) is 0.364. The monoisotopic (exact) mass is 398 g/mol. The van der Waals surface area contributed by atoms with Crippen LogP contribution in [0.2, 0.25) is 0 Å². The van der Waals surface area contributed by atoms with Gasteiger partial charge in [0.1, 0.15) is 17.1 Å². The third-order valence-corrected chi connectivity index (χ3v) is 5.51. The summed E-state index contributed by atoms with van der Waals surface area (Å²) in [4.78, 5) is 25.7. The summed E-state index contributed by atoms with van der Waals surface area (Å²) in [5.41, 5.74) is -0.640. The summed E-state index contributed by atoms with van der Waals surface area (Å²) in [5.74, 6) is -2.55. The number of phenols is 2. The lowest BCUT2D eigenvalue weighted by Gasteiger charge is -2.28. The molecule has 0 spiro atoms. The molecule has 0 unspecified atom stereocenters. The number of ketones is 2. The highest BCUT2D eigenvalue weighted by molar-refractivity contribution is 6.30. The van der Waals surface area contributed by atoms with Gasteiger partial charge in [-0.3, -0.25) is 9.59 Å². The van der Waals surface area contributed by atoms with Gasteiger partial charge in [-0.15, -0.1) is 0 Å². The summed E-state index contributed by atoms with van der Waals surface area (Å²) in [6, 6.07) is 7.61. The average Bonchev–Trinajstić information content (AvgIpc) is 3.02. The van der Waals surface area contributed by atoms with Crippen molar-refractivity contribution < 1.29 is 34.4 Å². The van der Waals surface area contributed by atoms with Crippen molar-refractivity contribution in [3.05, 3.63) is 58.1 Å². The minimum Gasteiger partial charge on any atom is -0.507 e. The summed E-state index contributed by atoms with van der Waals surface area (Å²) >= 11 is 0. The van der Waals surface area contributed by atoms with Crippen LogP contribution >= 0.6 is 0 Å². The Morgan fingerprint density at radius 3 is 2.21 bits per heavy atom. The maximum Gasteiger partial charge on any atom is 0.198 e. The molecule has 29 heavy (non-hydrogen) atoms. The van der Waals surface area contributed by atoms with Crippen LogP contribution in [0.4, 0.5) is 0 Å². The smallest absolute Gasteiger partial charge is 0.198 e. The lowest BCUT2D eigenvalue weighted by atomic mass is 9.81. The van der Waals surface area contributed by atoms with Gasteiger partial charge in [-0.1, -0.05) is 24.3 Å². The van der Waals surface area contributed by atoms with Crippen molar-refractivity contribution >= 4 is 11.6 Å². The SMILES string of the molecule is CC1(C)OC[C@](CO)(CCc2cc(O)c3c(c2O)C(=O)c2ccccc2C3=O)O1. The van der Waals surface area contributed by atoms with E-state index < -0.39 is 23.0 Å². The number of aryl methyl sites for hydroxylation is 1. The van der Waals surface area contributed by atoms with E-state index in [0.29, 0.717) is 5.56 Å². The molecule has 0 amide bonds. The zero-order chi connectivity index (χ0) is 21.0. The molecule has 3 N–H and O–H groups in total. The van der Waals surface area contributed by atoms with Gasteiger partial charge in [0.05, 0.1) is 24.3 Å². The second-order valence-electron chi connectivity index (χ2n) is 7.99. The fourth-order valence-electron chi connectivity index (χ4n) is 4.03. The first-order chi connectivity index (χ1) is 13.7. The molecule has 0 bridgehead atoms. The Morgan fingerprint density at radius 2 is 1.66 bits per heavy atom. The summed E-state index contributed by atoms with van der Waals surface area (Å²) in [6.07, 6.45) is 0.493. The van der Waals surface area contributed by atoms with E-state index in [-0.39, 0.29) is 59.8 Å². The molecular formula is C22H22O7. The van der Waals surface area contributed by atoms with Gasteiger partial charge in [0, 0.05) is 11.1 Å². The lowest BCUT2D eigenvalue weighted by molar-refractivity contribution is -0.170. The lowest BCUT2D eigenvalue weighted by Crippen LogP contribution is -2.38. The summed E-state index contributed by atoms with van der Waals surface area (Å²) in [5, 5.41) is 31.1. The average molecular weight is 398 g/mol. The number of fused-ring (bicyclic) bond motifs is 2. The predicted molar refractivity (Wildman–Crippen MR) is 102 cm³/mol. The molecule has 1 fully saturated rings. The topological polar surface area (TPSA) is 113 Å². The van der Waals surface area contributed by atoms with E-state index in [2.05, 4.69) is 0 Å². The minimum absolute atomic E-state index is 0.180. The number of rotatable bonds is 4. The molecule has 7 heteroatoms. The van der Waals surface area contributed by atoms with Crippen LogP contribution in [0.15, 0.2) is 30.3 Å². The molecule has 2 aliphatic rings. The zero-order valence-electron chi connectivity index (χ0n) is 16.2. The van der Waals surface area contributed by atoms with E-state index in [0.717, 1.165) is 0 Å². The van der Waals surface area contributed by atoms with E-state index in [4.69, 9.17) is 9.47 Å². The van der Waals surface area contributed by atoms with Crippen LogP contribution in [0.3, 0.4) is 0 Å². The third-order valence-electron chi connectivity index (χ3n) is 5.51. The highest BCUT2D eigenvalue weighted by atomic mass is 16.8. The Kier molecular flexibility index (Phi) is 4.49. The van der Waals surface area contributed by atoms with Crippen molar-refractivity contribution in [3.8, 4) is 11.5 Å². The molecule has 1 heterocycles. The standard InChI is InChI=1S/C22H22O7/c1-21(2)28-11-22(10-23,29-21)8-7-12-9-15(24)16-17(18(12)25)20(27)14-6-4-3-5-13(14)19(16)26/h3-6,9,23-25H,7-8,10-11H2,1-2H3/t22-/m1/s1. The number of carbonyl (C=O) groups excluding carboxylic acids is 2. The van der Waals surface area contributed by atoms with Gasteiger partial charge < -0.3 is 24.8 Å². The van der Waals surface area contributed by atoms with Crippen LogP contribution in [0.25, 0.3) is 0 Å². The molecular weight excluding hydrogens is 376 g/mol. The van der Waals surface area contributed by atoms with Gasteiger partial charge >= 0.3 is 0 Å². The summed E-state index contributed by atoms with van der Waals surface area (Å²) in [7, 11) is 0. The first-order valence-electron chi connectivity index (χ1n) is 9.39. The van der Waals surface area contributed by atoms with Crippen LogP contribution in [-0.2, 0) is 15.9 Å². The van der Waals surface area contributed by atoms with Crippen LogP contribution in [0.1, 0.15) is 57.7 Å². The Morgan fingerprint density at radius 1 is 1.03 bits per heavy atom. The Labute approximate surface area is 167 Å². The Hall–Kier alpha value is -2.74. The Bertz CT molecular complexity index is 1020. The molecule has 0 aromatic heterocycles.